The van der Waals surface area contributed by atoms with Crippen molar-refractivity contribution in [1.29, 1.82) is 0 Å². The molecule has 0 aliphatic carbocycles. The van der Waals surface area contributed by atoms with E-state index in [-0.39, 0.29) is 12.6 Å². The van der Waals surface area contributed by atoms with E-state index in [2.05, 4.69) is 16.8 Å². The SMILES string of the molecule is CC1CCN(c2ccncc2)C1CO. The third-order valence-electron chi connectivity index (χ3n) is 3.06. The summed E-state index contributed by atoms with van der Waals surface area (Å²) in [6, 6.07) is 4.28. The lowest BCUT2D eigenvalue weighted by Crippen LogP contribution is -2.35. The second kappa shape index (κ2) is 3.96. The van der Waals surface area contributed by atoms with Crippen LogP contribution in [0.2, 0.25) is 0 Å². The van der Waals surface area contributed by atoms with Crippen LogP contribution in [0.25, 0.3) is 0 Å². The maximum atomic E-state index is 9.31. The van der Waals surface area contributed by atoms with Gasteiger partial charge in [0.15, 0.2) is 0 Å². The zero-order chi connectivity index (χ0) is 9.97. The molecule has 0 radical (unpaired) electrons. The van der Waals surface area contributed by atoms with Crippen molar-refractivity contribution in [2.75, 3.05) is 18.1 Å². The van der Waals surface area contributed by atoms with Crippen LogP contribution in [-0.2, 0) is 0 Å². The lowest BCUT2D eigenvalue weighted by Gasteiger charge is -2.26. The Labute approximate surface area is 84.4 Å². The zero-order valence-corrected chi connectivity index (χ0v) is 8.43. The van der Waals surface area contributed by atoms with E-state index in [1.165, 1.54) is 5.69 Å². The van der Waals surface area contributed by atoms with Gasteiger partial charge >= 0.3 is 0 Å². The van der Waals surface area contributed by atoms with Crippen LogP contribution in [0.1, 0.15) is 13.3 Å². The van der Waals surface area contributed by atoms with Crippen LogP contribution in [0, 0.1) is 5.92 Å². The summed E-state index contributed by atoms with van der Waals surface area (Å²) in [5.41, 5.74) is 1.17. The van der Waals surface area contributed by atoms with Gasteiger partial charge in [0.05, 0.1) is 12.6 Å². The summed E-state index contributed by atoms with van der Waals surface area (Å²) < 4.78 is 0. The van der Waals surface area contributed by atoms with Crippen molar-refractivity contribution in [1.82, 2.24) is 4.98 Å². The van der Waals surface area contributed by atoms with Crippen LogP contribution in [0.5, 0.6) is 0 Å². The number of nitrogens with zero attached hydrogens (tertiary/aromatic N) is 2. The lowest BCUT2D eigenvalue weighted by molar-refractivity contribution is 0.245. The molecule has 0 bridgehead atoms. The summed E-state index contributed by atoms with van der Waals surface area (Å²) >= 11 is 0. The van der Waals surface area contributed by atoms with Gasteiger partial charge in [-0.15, -0.1) is 0 Å². The minimum absolute atomic E-state index is 0.240. The second-order valence-corrected chi connectivity index (χ2v) is 3.91. The van der Waals surface area contributed by atoms with E-state index in [9.17, 15) is 5.11 Å². The molecular formula is C11H16N2O. The first-order valence-electron chi connectivity index (χ1n) is 5.10. The van der Waals surface area contributed by atoms with E-state index < -0.39 is 0 Å². The van der Waals surface area contributed by atoms with Crippen molar-refractivity contribution in [3.8, 4) is 0 Å². The van der Waals surface area contributed by atoms with Gasteiger partial charge in [0.2, 0.25) is 0 Å². The minimum Gasteiger partial charge on any atom is -0.394 e. The number of hydrogen-bond acceptors (Lipinski definition) is 3. The molecular weight excluding hydrogens is 176 g/mol. The van der Waals surface area contributed by atoms with Crippen molar-refractivity contribution >= 4 is 5.69 Å². The Morgan fingerprint density at radius 1 is 1.50 bits per heavy atom. The zero-order valence-electron chi connectivity index (χ0n) is 8.43. The molecule has 1 aromatic heterocycles. The fourth-order valence-corrected chi connectivity index (χ4v) is 2.14. The van der Waals surface area contributed by atoms with Gasteiger partial charge in [-0.05, 0) is 24.5 Å². The summed E-state index contributed by atoms with van der Waals surface area (Å²) in [4.78, 5) is 6.27. The van der Waals surface area contributed by atoms with Gasteiger partial charge in [-0.25, -0.2) is 0 Å². The monoisotopic (exact) mass is 192 g/mol. The molecule has 2 heterocycles. The standard InChI is InChI=1S/C11H16N2O/c1-9-4-7-13(11(9)8-14)10-2-5-12-6-3-10/h2-3,5-6,9,11,14H,4,7-8H2,1H3. The van der Waals surface area contributed by atoms with E-state index in [1.807, 2.05) is 12.1 Å². The fourth-order valence-electron chi connectivity index (χ4n) is 2.14. The van der Waals surface area contributed by atoms with Crippen molar-refractivity contribution in [3.63, 3.8) is 0 Å². The number of hydrogen-bond donors (Lipinski definition) is 1. The van der Waals surface area contributed by atoms with Crippen LogP contribution in [0.3, 0.4) is 0 Å². The smallest absolute Gasteiger partial charge is 0.0637 e. The molecule has 1 saturated heterocycles. The number of aliphatic hydroxyl groups is 1. The largest absolute Gasteiger partial charge is 0.394 e. The molecule has 2 unspecified atom stereocenters. The average Bonchev–Trinajstić information content (AvgIpc) is 2.61. The van der Waals surface area contributed by atoms with Crippen molar-refractivity contribution in [2.24, 2.45) is 5.92 Å². The third kappa shape index (κ3) is 1.60. The van der Waals surface area contributed by atoms with Gasteiger partial charge in [-0.3, -0.25) is 4.98 Å². The van der Waals surface area contributed by atoms with Crippen molar-refractivity contribution < 1.29 is 5.11 Å². The molecule has 3 heteroatoms. The van der Waals surface area contributed by atoms with Crippen molar-refractivity contribution in [2.45, 2.75) is 19.4 Å². The fraction of sp³-hybridized carbons (Fsp3) is 0.545. The maximum Gasteiger partial charge on any atom is 0.0637 e. The summed E-state index contributed by atoms with van der Waals surface area (Å²) in [6.45, 7) is 3.47. The number of rotatable bonds is 2. The highest BCUT2D eigenvalue weighted by Gasteiger charge is 2.30. The van der Waals surface area contributed by atoms with Crippen LogP contribution in [0.15, 0.2) is 24.5 Å². The van der Waals surface area contributed by atoms with Gasteiger partial charge in [0.25, 0.3) is 0 Å². The average molecular weight is 192 g/mol. The summed E-state index contributed by atoms with van der Waals surface area (Å²) in [5.74, 6) is 0.577. The predicted molar refractivity (Wildman–Crippen MR) is 56.2 cm³/mol. The minimum atomic E-state index is 0.240. The van der Waals surface area contributed by atoms with Crippen LogP contribution >= 0.6 is 0 Å². The molecule has 14 heavy (non-hydrogen) atoms. The molecule has 1 aliphatic heterocycles. The number of aromatic nitrogens is 1. The number of aliphatic hydroxyl groups excluding tert-OH is 1. The van der Waals surface area contributed by atoms with Gasteiger partial charge in [-0.2, -0.15) is 0 Å². The highest BCUT2D eigenvalue weighted by atomic mass is 16.3. The van der Waals surface area contributed by atoms with Gasteiger partial charge in [0.1, 0.15) is 0 Å². The summed E-state index contributed by atoms with van der Waals surface area (Å²) in [5, 5.41) is 9.31. The quantitative estimate of drug-likeness (QED) is 0.767. The molecule has 0 amide bonds. The first-order chi connectivity index (χ1) is 6.83. The highest BCUT2D eigenvalue weighted by molar-refractivity contribution is 5.47. The molecule has 1 N–H and O–H groups in total. The number of pyridine rings is 1. The molecule has 0 aromatic carbocycles. The maximum absolute atomic E-state index is 9.31. The van der Waals surface area contributed by atoms with E-state index >= 15 is 0 Å². The molecule has 3 nitrogen and oxygen atoms in total. The van der Waals surface area contributed by atoms with E-state index in [0.29, 0.717) is 5.92 Å². The Hall–Kier alpha value is -1.09. The Kier molecular flexibility index (Phi) is 2.68. The molecule has 76 valence electrons. The molecule has 1 fully saturated rings. The van der Waals surface area contributed by atoms with Crippen molar-refractivity contribution in [3.05, 3.63) is 24.5 Å². The highest BCUT2D eigenvalue weighted by Crippen LogP contribution is 2.28. The third-order valence-corrected chi connectivity index (χ3v) is 3.06. The number of anilines is 1. The Balaban J connectivity index is 2.19. The molecule has 1 aromatic rings. The molecule has 2 rings (SSSR count). The first-order valence-corrected chi connectivity index (χ1v) is 5.10. The topological polar surface area (TPSA) is 36.4 Å². The predicted octanol–water partition coefficient (Wildman–Crippen LogP) is 1.29. The van der Waals surface area contributed by atoms with E-state index in [4.69, 9.17) is 0 Å². The van der Waals surface area contributed by atoms with Gasteiger partial charge in [0, 0.05) is 24.6 Å². The van der Waals surface area contributed by atoms with Gasteiger partial charge < -0.3 is 10.0 Å². The van der Waals surface area contributed by atoms with Crippen LogP contribution < -0.4 is 4.90 Å². The molecule has 0 saturated carbocycles. The Morgan fingerprint density at radius 2 is 2.21 bits per heavy atom. The summed E-state index contributed by atoms with van der Waals surface area (Å²) in [6.07, 6.45) is 4.76. The van der Waals surface area contributed by atoms with Gasteiger partial charge in [-0.1, -0.05) is 6.92 Å². The molecule has 2 atom stereocenters. The first kappa shape index (κ1) is 9.46. The van der Waals surface area contributed by atoms with Crippen LogP contribution in [0.4, 0.5) is 5.69 Å². The second-order valence-electron chi connectivity index (χ2n) is 3.91. The normalized spacial score (nSPS) is 26.9. The van der Waals surface area contributed by atoms with E-state index in [0.717, 1.165) is 13.0 Å². The van der Waals surface area contributed by atoms with E-state index in [1.54, 1.807) is 12.4 Å². The Bertz CT molecular complexity index is 289. The van der Waals surface area contributed by atoms with Crippen LogP contribution in [-0.4, -0.2) is 29.3 Å². The summed E-state index contributed by atoms with van der Waals surface area (Å²) in [7, 11) is 0. The Morgan fingerprint density at radius 3 is 2.86 bits per heavy atom. The lowest BCUT2D eigenvalue weighted by atomic mass is 10.0. The molecule has 0 spiro atoms. The molecule has 1 aliphatic rings.